The molecule has 15 heteroatoms. The van der Waals surface area contributed by atoms with Gasteiger partial charge in [-0.15, -0.1) is 0 Å². The van der Waals surface area contributed by atoms with Crippen molar-refractivity contribution < 1.29 is 26.3 Å². The lowest BCUT2D eigenvalue weighted by atomic mass is 10.0. The molecular formula is C19H17F6N7S2. The highest BCUT2D eigenvalue weighted by molar-refractivity contribution is 7.80. The summed E-state index contributed by atoms with van der Waals surface area (Å²) in [6.07, 6.45) is -6.11. The van der Waals surface area contributed by atoms with E-state index in [1.54, 1.807) is 42.5 Å². The summed E-state index contributed by atoms with van der Waals surface area (Å²) in [6, 6.07) is 11.5. The summed E-state index contributed by atoms with van der Waals surface area (Å²) in [4.78, 5) is 3.90. The maximum Gasteiger partial charge on any atom is 0.405 e. The summed E-state index contributed by atoms with van der Waals surface area (Å²) in [5.74, 6) is 0. The first-order valence-electron chi connectivity index (χ1n) is 9.27. The molecule has 0 saturated carbocycles. The number of rotatable bonds is 7. The highest BCUT2D eigenvalue weighted by atomic mass is 32.1. The van der Waals surface area contributed by atoms with E-state index in [0.29, 0.717) is 11.1 Å². The molecule has 2 rings (SSSR count). The molecule has 0 saturated heterocycles. The summed E-state index contributed by atoms with van der Waals surface area (Å²) in [7, 11) is 0. The van der Waals surface area contributed by atoms with Gasteiger partial charge in [0.2, 0.25) is 0 Å². The maximum atomic E-state index is 12.4. The van der Waals surface area contributed by atoms with Crippen molar-refractivity contribution in [2.75, 3.05) is 13.1 Å². The molecule has 0 amide bonds. The highest BCUT2D eigenvalue weighted by Crippen LogP contribution is 2.13. The SMILES string of the molecule is FC(F)(F)CNC(=S)N/N=C(/C(=N/NC(=S)NCC(F)(F)F)c1ccncc1)c1ccccc1. The van der Waals surface area contributed by atoms with E-state index in [2.05, 4.69) is 26.0 Å². The first-order valence-corrected chi connectivity index (χ1v) is 10.1. The van der Waals surface area contributed by atoms with Crippen molar-refractivity contribution in [3.63, 3.8) is 0 Å². The van der Waals surface area contributed by atoms with E-state index in [1.165, 1.54) is 12.4 Å². The van der Waals surface area contributed by atoms with Gasteiger partial charge in [0.15, 0.2) is 10.2 Å². The lowest BCUT2D eigenvalue weighted by Gasteiger charge is -2.14. The van der Waals surface area contributed by atoms with E-state index in [1.807, 2.05) is 10.6 Å². The van der Waals surface area contributed by atoms with Gasteiger partial charge in [0.05, 0.1) is 0 Å². The molecule has 1 aromatic carbocycles. The number of halogens is 6. The van der Waals surface area contributed by atoms with Crippen LogP contribution in [0.5, 0.6) is 0 Å². The summed E-state index contributed by atoms with van der Waals surface area (Å²) < 4.78 is 74.6. The fourth-order valence-electron chi connectivity index (χ4n) is 2.27. The Morgan fingerprint density at radius 3 is 1.53 bits per heavy atom. The van der Waals surface area contributed by atoms with Gasteiger partial charge in [-0.25, -0.2) is 0 Å². The topological polar surface area (TPSA) is 85.7 Å². The molecule has 0 atom stereocenters. The summed E-state index contributed by atoms with van der Waals surface area (Å²) in [5.41, 5.74) is 5.74. The van der Waals surface area contributed by atoms with Crippen LogP contribution in [0.4, 0.5) is 26.3 Å². The van der Waals surface area contributed by atoms with Gasteiger partial charge in [-0.1, -0.05) is 30.3 Å². The largest absolute Gasteiger partial charge is 0.405 e. The van der Waals surface area contributed by atoms with Gasteiger partial charge in [0.1, 0.15) is 24.5 Å². The number of hydrogen-bond acceptors (Lipinski definition) is 5. The Labute approximate surface area is 200 Å². The third kappa shape index (κ3) is 10.1. The van der Waals surface area contributed by atoms with Gasteiger partial charge in [-0.2, -0.15) is 36.5 Å². The molecule has 34 heavy (non-hydrogen) atoms. The zero-order chi connectivity index (χ0) is 25.2. The van der Waals surface area contributed by atoms with Crippen molar-refractivity contribution in [2.45, 2.75) is 12.4 Å². The molecule has 1 aromatic heterocycles. The van der Waals surface area contributed by atoms with Crippen molar-refractivity contribution in [2.24, 2.45) is 10.2 Å². The molecule has 0 aliphatic carbocycles. The third-order valence-electron chi connectivity index (χ3n) is 3.66. The van der Waals surface area contributed by atoms with E-state index in [0.717, 1.165) is 0 Å². The monoisotopic (exact) mass is 521 g/mol. The number of nitrogens with one attached hydrogen (secondary N) is 4. The minimum absolute atomic E-state index is 0.0934. The Bertz CT molecular complexity index is 941. The molecule has 7 nitrogen and oxygen atoms in total. The average molecular weight is 522 g/mol. The van der Waals surface area contributed by atoms with Crippen LogP contribution >= 0.6 is 24.4 Å². The number of alkyl halides is 6. The van der Waals surface area contributed by atoms with Gasteiger partial charge in [0.25, 0.3) is 0 Å². The molecule has 0 aliphatic rings. The number of hydrogen-bond donors (Lipinski definition) is 4. The van der Waals surface area contributed by atoms with E-state index in [4.69, 9.17) is 24.4 Å². The normalized spacial score (nSPS) is 12.6. The standard InChI is InChI=1S/C19H17F6N7S2/c20-18(21,22)10-27-16(33)31-29-14(12-4-2-1-3-5-12)15(13-6-8-26-9-7-13)30-32-17(34)28-11-19(23,24)25/h1-9H,10-11H2,(H2,27,31,33)(H2,28,32,34)/b29-14+,30-15+. The zero-order valence-electron chi connectivity index (χ0n) is 17.0. The van der Waals surface area contributed by atoms with Crippen molar-refractivity contribution in [1.82, 2.24) is 26.5 Å². The highest BCUT2D eigenvalue weighted by Gasteiger charge is 2.28. The Kier molecular flexibility index (Phi) is 9.68. The Balaban J connectivity index is 2.38. The number of thiocarbonyl (C=S) groups is 2. The second-order valence-corrected chi connectivity index (χ2v) is 7.16. The van der Waals surface area contributed by atoms with E-state index >= 15 is 0 Å². The second kappa shape index (κ2) is 12.2. The first kappa shape index (κ1) is 26.9. The smallest absolute Gasteiger partial charge is 0.352 e. The van der Waals surface area contributed by atoms with E-state index < -0.39 is 35.7 Å². The molecule has 0 bridgehead atoms. The van der Waals surface area contributed by atoms with Gasteiger partial charge in [-0.3, -0.25) is 15.8 Å². The third-order valence-corrected chi connectivity index (χ3v) is 4.13. The Morgan fingerprint density at radius 2 is 1.12 bits per heavy atom. The molecule has 1 heterocycles. The van der Waals surface area contributed by atoms with Gasteiger partial charge in [-0.05, 0) is 36.6 Å². The Hall–Kier alpha value is -3.33. The molecule has 0 unspecified atom stereocenters. The van der Waals surface area contributed by atoms with Gasteiger partial charge in [0, 0.05) is 23.5 Å². The summed E-state index contributed by atoms with van der Waals surface area (Å²) >= 11 is 9.67. The first-order chi connectivity index (χ1) is 15.9. The fourth-order valence-corrected chi connectivity index (χ4v) is 2.50. The lowest BCUT2D eigenvalue weighted by Crippen LogP contribution is -2.40. The predicted molar refractivity (Wildman–Crippen MR) is 123 cm³/mol. The minimum atomic E-state index is -4.50. The molecular weight excluding hydrogens is 504 g/mol. The van der Waals surface area contributed by atoms with E-state index in [-0.39, 0.29) is 11.4 Å². The molecule has 0 fully saturated rings. The minimum Gasteiger partial charge on any atom is -0.352 e. The van der Waals surface area contributed by atoms with Gasteiger partial charge < -0.3 is 10.6 Å². The zero-order valence-corrected chi connectivity index (χ0v) is 18.7. The number of nitrogens with zero attached hydrogens (tertiary/aromatic N) is 3. The molecule has 0 spiro atoms. The molecule has 2 aromatic rings. The maximum absolute atomic E-state index is 12.4. The predicted octanol–water partition coefficient (Wildman–Crippen LogP) is 3.24. The number of aromatic nitrogens is 1. The van der Waals surface area contributed by atoms with Crippen molar-refractivity contribution in [3.05, 3.63) is 66.0 Å². The quantitative estimate of drug-likeness (QED) is 0.193. The van der Waals surface area contributed by atoms with Crippen LogP contribution in [0.15, 0.2) is 65.1 Å². The van der Waals surface area contributed by atoms with Crippen LogP contribution in [0.3, 0.4) is 0 Å². The number of hydrazone groups is 2. The second-order valence-electron chi connectivity index (χ2n) is 6.34. The van der Waals surface area contributed by atoms with E-state index in [9.17, 15) is 26.3 Å². The average Bonchev–Trinajstić information content (AvgIpc) is 2.78. The Morgan fingerprint density at radius 1 is 0.706 bits per heavy atom. The van der Waals surface area contributed by atoms with Crippen molar-refractivity contribution in [1.29, 1.82) is 0 Å². The van der Waals surface area contributed by atoms with Crippen LogP contribution in [-0.2, 0) is 0 Å². The molecule has 4 N–H and O–H groups in total. The van der Waals surface area contributed by atoms with Crippen LogP contribution in [0.2, 0.25) is 0 Å². The van der Waals surface area contributed by atoms with Gasteiger partial charge >= 0.3 is 12.4 Å². The lowest BCUT2D eigenvalue weighted by molar-refractivity contribution is -0.122. The molecule has 0 aliphatic heterocycles. The van der Waals surface area contributed by atoms with Crippen LogP contribution < -0.4 is 21.5 Å². The number of pyridine rings is 1. The molecule has 182 valence electrons. The van der Waals surface area contributed by atoms with Crippen LogP contribution in [0.1, 0.15) is 11.1 Å². The van der Waals surface area contributed by atoms with Crippen molar-refractivity contribution >= 4 is 46.1 Å². The van der Waals surface area contributed by atoms with Crippen LogP contribution in [0.25, 0.3) is 0 Å². The van der Waals surface area contributed by atoms with Crippen molar-refractivity contribution in [3.8, 4) is 0 Å². The summed E-state index contributed by atoms with van der Waals surface area (Å²) in [5, 5.41) is 11.3. The van der Waals surface area contributed by atoms with Crippen LogP contribution in [0, 0.1) is 0 Å². The summed E-state index contributed by atoms with van der Waals surface area (Å²) in [6.45, 7) is -2.75. The number of benzene rings is 1. The fraction of sp³-hybridized carbons (Fsp3) is 0.211. The van der Waals surface area contributed by atoms with Crippen LogP contribution in [-0.4, -0.2) is 52.1 Å². The molecule has 0 radical (unpaired) electrons.